The van der Waals surface area contributed by atoms with Crippen molar-refractivity contribution in [3.8, 4) is 0 Å². The van der Waals surface area contributed by atoms with Gasteiger partial charge in [0.05, 0.1) is 10.4 Å². The van der Waals surface area contributed by atoms with Crippen molar-refractivity contribution in [2.75, 3.05) is 18.4 Å². The summed E-state index contributed by atoms with van der Waals surface area (Å²) in [6.45, 7) is 1.47. The summed E-state index contributed by atoms with van der Waals surface area (Å²) >= 11 is 0. The molecule has 0 amide bonds. The van der Waals surface area contributed by atoms with Crippen LogP contribution in [-0.4, -0.2) is 28.0 Å². The van der Waals surface area contributed by atoms with E-state index in [1.807, 2.05) is 30.3 Å². The molecule has 0 saturated heterocycles. The zero-order valence-corrected chi connectivity index (χ0v) is 14.8. The molecule has 3 N–H and O–H groups in total. The first-order chi connectivity index (χ1) is 13.2. The number of benzene rings is 2. The highest BCUT2D eigenvalue weighted by atomic mass is 16.6. The Labute approximate surface area is 157 Å². The summed E-state index contributed by atoms with van der Waals surface area (Å²) < 4.78 is 0. The fraction of sp³-hybridized carbons (Fsp3) is 0.200. The fourth-order valence-electron chi connectivity index (χ4n) is 2.66. The third kappa shape index (κ3) is 4.86. The summed E-state index contributed by atoms with van der Waals surface area (Å²) in [6, 6.07) is 14.2. The molecule has 3 rings (SSSR count). The molecule has 7 heteroatoms. The van der Waals surface area contributed by atoms with Crippen molar-refractivity contribution in [3.05, 3.63) is 70.0 Å². The highest BCUT2D eigenvalue weighted by molar-refractivity contribution is 5.90. The molecule has 7 nitrogen and oxygen atoms in total. The minimum absolute atomic E-state index is 0.0677. The zero-order valence-electron chi connectivity index (χ0n) is 14.8. The minimum Gasteiger partial charge on any atom is -0.369 e. The first kappa shape index (κ1) is 18.5. The Morgan fingerprint density at radius 1 is 1.04 bits per heavy atom. The van der Waals surface area contributed by atoms with E-state index in [-0.39, 0.29) is 5.69 Å². The van der Waals surface area contributed by atoms with Gasteiger partial charge in [-0.3, -0.25) is 10.1 Å². The van der Waals surface area contributed by atoms with Crippen LogP contribution in [0.5, 0.6) is 0 Å². The second-order valence-electron chi connectivity index (χ2n) is 6.05. The molecule has 0 saturated carbocycles. The summed E-state index contributed by atoms with van der Waals surface area (Å²) in [5, 5.41) is 15.1. The molecular formula is C20H21N5O2. The number of nitrogens with two attached hydrogens (primary N) is 1. The van der Waals surface area contributed by atoms with E-state index in [2.05, 4.69) is 15.3 Å². The van der Waals surface area contributed by atoms with Crippen LogP contribution in [-0.2, 0) is 0 Å². The Hall–Kier alpha value is -3.32. The van der Waals surface area contributed by atoms with E-state index in [1.54, 1.807) is 18.2 Å². The number of non-ortho nitro benzene ring substituents is 1. The Morgan fingerprint density at radius 3 is 2.56 bits per heavy atom. The van der Waals surface area contributed by atoms with E-state index < -0.39 is 4.92 Å². The van der Waals surface area contributed by atoms with Gasteiger partial charge in [-0.15, -0.1) is 0 Å². The third-order valence-electron chi connectivity index (χ3n) is 4.07. The quantitative estimate of drug-likeness (QED) is 0.357. The van der Waals surface area contributed by atoms with E-state index in [0.29, 0.717) is 12.4 Å². The number of para-hydroxylation sites is 1. The Bertz CT molecular complexity index is 954. The maximum Gasteiger partial charge on any atom is 0.269 e. The summed E-state index contributed by atoms with van der Waals surface area (Å²) in [6.07, 6.45) is 5.58. The van der Waals surface area contributed by atoms with Crippen LogP contribution in [0.2, 0.25) is 0 Å². The van der Waals surface area contributed by atoms with Gasteiger partial charge in [0.1, 0.15) is 5.82 Å². The van der Waals surface area contributed by atoms with Gasteiger partial charge < -0.3 is 11.1 Å². The van der Waals surface area contributed by atoms with Gasteiger partial charge in [0.15, 0.2) is 5.82 Å². The van der Waals surface area contributed by atoms with E-state index in [9.17, 15) is 10.1 Å². The number of anilines is 1. The van der Waals surface area contributed by atoms with Gasteiger partial charge in [-0.1, -0.05) is 18.2 Å². The Balaban J connectivity index is 1.84. The maximum atomic E-state index is 10.7. The molecule has 1 heterocycles. The number of nitro groups is 1. The second-order valence-corrected chi connectivity index (χ2v) is 6.05. The van der Waals surface area contributed by atoms with Gasteiger partial charge in [0.25, 0.3) is 5.69 Å². The van der Waals surface area contributed by atoms with E-state index >= 15 is 0 Å². The molecule has 0 atom stereocenters. The van der Waals surface area contributed by atoms with Crippen molar-refractivity contribution < 1.29 is 4.92 Å². The topological polar surface area (TPSA) is 107 Å². The van der Waals surface area contributed by atoms with Gasteiger partial charge in [0.2, 0.25) is 0 Å². The molecule has 27 heavy (non-hydrogen) atoms. The molecule has 0 aliphatic rings. The van der Waals surface area contributed by atoms with Crippen LogP contribution < -0.4 is 11.1 Å². The predicted molar refractivity (Wildman–Crippen MR) is 108 cm³/mol. The lowest BCUT2D eigenvalue weighted by molar-refractivity contribution is -0.384. The van der Waals surface area contributed by atoms with Gasteiger partial charge in [-0.25, -0.2) is 9.97 Å². The third-order valence-corrected chi connectivity index (χ3v) is 4.07. The number of hydrogen-bond acceptors (Lipinski definition) is 6. The average molecular weight is 363 g/mol. The second kappa shape index (κ2) is 8.86. The van der Waals surface area contributed by atoms with Crippen LogP contribution in [0.4, 0.5) is 11.5 Å². The zero-order chi connectivity index (χ0) is 19.1. The van der Waals surface area contributed by atoms with E-state index in [0.717, 1.165) is 41.7 Å². The smallest absolute Gasteiger partial charge is 0.269 e. The van der Waals surface area contributed by atoms with Gasteiger partial charge in [-0.05, 0) is 55.3 Å². The lowest BCUT2D eigenvalue weighted by Gasteiger charge is -2.09. The Kier molecular flexibility index (Phi) is 6.06. The highest BCUT2D eigenvalue weighted by Crippen LogP contribution is 2.21. The number of nitrogens with one attached hydrogen (secondary N) is 1. The van der Waals surface area contributed by atoms with Crippen LogP contribution >= 0.6 is 0 Å². The van der Waals surface area contributed by atoms with Crippen LogP contribution in [0.3, 0.4) is 0 Å². The van der Waals surface area contributed by atoms with Crippen molar-refractivity contribution in [3.63, 3.8) is 0 Å². The maximum absolute atomic E-state index is 10.7. The number of nitrogens with zero attached hydrogens (tertiary/aromatic N) is 3. The summed E-state index contributed by atoms with van der Waals surface area (Å²) in [7, 11) is 0. The summed E-state index contributed by atoms with van der Waals surface area (Å²) in [5.41, 5.74) is 7.31. The number of unbranched alkanes of at least 4 members (excludes halogenated alkanes) is 1. The van der Waals surface area contributed by atoms with Gasteiger partial charge in [0, 0.05) is 24.1 Å². The summed E-state index contributed by atoms with van der Waals surface area (Å²) in [5.74, 6) is 1.37. The largest absolute Gasteiger partial charge is 0.369 e. The molecule has 3 aromatic rings. The number of fused-ring (bicyclic) bond motifs is 1. The molecule has 1 aromatic heterocycles. The van der Waals surface area contributed by atoms with Crippen LogP contribution in [0.15, 0.2) is 48.5 Å². The van der Waals surface area contributed by atoms with Crippen LogP contribution in [0, 0.1) is 10.1 Å². The standard InChI is InChI=1S/C20H21N5O2/c21-13-3-4-14-22-20-17-5-1-2-6-18(17)23-19(24-20)12-9-15-7-10-16(11-8-15)25(26)27/h1-2,5-12H,3-4,13-14,21H2,(H,22,23,24)/b12-9+. The van der Waals surface area contributed by atoms with Crippen molar-refractivity contribution in [1.29, 1.82) is 0 Å². The molecule has 0 aliphatic carbocycles. The molecule has 0 bridgehead atoms. The minimum atomic E-state index is -0.414. The first-order valence-electron chi connectivity index (χ1n) is 8.80. The lowest BCUT2D eigenvalue weighted by atomic mass is 10.2. The van der Waals surface area contributed by atoms with Crippen LogP contribution in [0.25, 0.3) is 23.1 Å². The summed E-state index contributed by atoms with van der Waals surface area (Å²) in [4.78, 5) is 19.5. The van der Waals surface area contributed by atoms with E-state index in [4.69, 9.17) is 5.73 Å². The molecular weight excluding hydrogens is 342 g/mol. The molecule has 2 aromatic carbocycles. The SMILES string of the molecule is NCCCCNc1nc(/C=C/c2ccc([N+](=O)[O-])cc2)nc2ccccc12. The fourth-order valence-corrected chi connectivity index (χ4v) is 2.66. The molecule has 0 radical (unpaired) electrons. The van der Waals surface area contributed by atoms with Crippen molar-refractivity contribution in [1.82, 2.24) is 9.97 Å². The van der Waals surface area contributed by atoms with E-state index in [1.165, 1.54) is 12.1 Å². The predicted octanol–water partition coefficient (Wildman–Crippen LogP) is 3.86. The Morgan fingerprint density at radius 2 is 1.81 bits per heavy atom. The number of hydrogen-bond donors (Lipinski definition) is 2. The van der Waals surface area contributed by atoms with Crippen molar-refractivity contribution >= 4 is 34.6 Å². The number of rotatable bonds is 8. The van der Waals surface area contributed by atoms with Gasteiger partial charge in [-0.2, -0.15) is 0 Å². The van der Waals surface area contributed by atoms with Crippen LogP contribution in [0.1, 0.15) is 24.2 Å². The van der Waals surface area contributed by atoms with Crippen molar-refractivity contribution in [2.45, 2.75) is 12.8 Å². The molecule has 0 aliphatic heterocycles. The molecule has 0 unspecified atom stereocenters. The average Bonchev–Trinajstić information content (AvgIpc) is 2.70. The molecule has 0 fully saturated rings. The molecule has 0 spiro atoms. The molecule has 138 valence electrons. The lowest BCUT2D eigenvalue weighted by Crippen LogP contribution is -2.08. The normalized spacial score (nSPS) is 11.1. The monoisotopic (exact) mass is 363 g/mol. The van der Waals surface area contributed by atoms with Gasteiger partial charge >= 0.3 is 0 Å². The first-order valence-corrected chi connectivity index (χ1v) is 8.80. The van der Waals surface area contributed by atoms with Crippen molar-refractivity contribution in [2.24, 2.45) is 5.73 Å². The highest BCUT2D eigenvalue weighted by Gasteiger charge is 2.06. The number of aromatic nitrogens is 2. The number of nitro benzene ring substituents is 1.